The fourth-order valence-electron chi connectivity index (χ4n) is 2.60. The molecular formula is C18H17ClF2N2O5S. The van der Waals surface area contributed by atoms with Gasteiger partial charge in [-0.1, -0.05) is 11.6 Å². The molecule has 11 heteroatoms. The van der Waals surface area contributed by atoms with Crippen LogP contribution in [0.15, 0.2) is 41.3 Å². The number of ether oxygens (including phenoxy) is 2. The zero-order valence-electron chi connectivity index (χ0n) is 15.0. The molecule has 29 heavy (non-hydrogen) atoms. The molecule has 0 aromatic heterocycles. The largest absolute Gasteiger partial charge is 0.484 e. The molecule has 2 aromatic rings. The summed E-state index contributed by atoms with van der Waals surface area (Å²) >= 11 is 6.06. The molecule has 0 radical (unpaired) electrons. The highest BCUT2D eigenvalue weighted by Crippen LogP contribution is 2.27. The van der Waals surface area contributed by atoms with Crippen LogP contribution in [0.25, 0.3) is 0 Å². The SMILES string of the molecule is O=C(COc1ccc(F)c(F)c1)Nc1cc(S(=O)(=O)N2CCOCC2)ccc1Cl. The van der Waals surface area contributed by atoms with Crippen LogP contribution in [0.3, 0.4) is 0 Å². The molecule has 1 amide bonds. The Morgan fingerprint density at radius 2 is 1.86 bits per heavy atom. The molecule has 0 bridgehead atoms. The topological polar surface area (TPSA) is 84.9 Å². The van der Waals surface area contributed by atoms with E-state index in [4.69, 9.17) is 21.1 Å². The lowest BCUT2D eigenvalue weighted by Gasteiger charge is -2.26. The number of sulfonamides is 1. The Kier molecular flexibility index (Phi) is 6.68. The zero-order valence-corrected chi connectivity index (χ0v) is 16.6. The van der Waals surface area contributed by atoms with Crippen molar-refractivity contribution >= 4 is 33.2 Å². The molecule has 0 spiro atoms. The van der Waals surface area contributed by atoms with Gasteiger partial charge in [0.05, 0.1) is 28.8 Å². The summed E-state index contributed by atoms with van der Waals surface area (Å²) in [6.45, 7) is 0.556. The first-order valence-electron chi connectivity index (χ1n) is 8.52. The van der Waals surface area contributed by atoms with Crippen molar-refractivity contribution in [2.24, 2.45) is 0 Å². The summed E-state index contributed by atoms with van der Waals surface area (Å²) in [5.41, 5.74) is 0.0832. The number of morpholine rings is 1. The van der Waals surface area contributed by atoms with E-state index in [0.717, 1.165) is 12.1 Å². The monoisotopic (exact) mass is 446 g/mol. The van der Waals surface area contributed by atoms with Crippen LogP contribution in [0.1, 0.15) is 0 Å². The van der Waals surface area contributed by atoms with Crippen LogP contribution in [-0.2, 0) is 19.6 Å². The normalized spacial score (nSPS) is 15.1. The zero-order chi connectivity index (χ0) is 21.0. The first kappa shape index (κ1) is 21.4. The molecule has 2 aromatic carbocycles. The minimum absolute atomic E-state index is 0.0272. The molecule has 1 N–H and O–H groups in total. The molecule has 3 rings (SSSR count). The second kappa shape index (κ2) is 9.04. The molecule has 1 saturated heterocycles. The molecule has 0 aliphatic carbocycles. The summed E-state index contributed by atoms with van der Waals surface area (Å²) in [6, 6.07) is 6.82. The van der Waals surface area contributed by atoms with Crippen molar-refractivity contribution in [3.05, 3.63) is 53.1 Å². The van der Waals surface area contributed by atoms with E-state index in [1.54, 1.807) is 0 Å². The smallest absolute Gasteiger partial charge is 0.262 e. The van der Waals surface area contributed by atoms with Gasteiger partial charge in [-0.25, -0.2) is 17.2 Å². The standard InChI is InChI=1S/C18H17ClF2N2O5S/c19-14-3-2-13(29(25,26)23-5-7-27-8-6-23)10-17(14)22-18(24)11-28-12-1-4-15(20)16(21)9-12/h1-4,9-10H,5-8,11H2,(H,22,24). The van der Waals surface area contributed by atoms with Crippen molar-refractivity contribution < 1.29 is 31.5 Å². The van der Waals surface area contributed by atoms with Crippen molar-refractivity contribution in [1.82, 2.24) is 4.31 Å². The Morgan fingerprint density at radius 3 is 2.55 bits per heavy atom. The Bertz CT molecular complexity index is 1010. The van der Waals surface area contributed by atoms with Gasteiger partial charge in [0.25, 0.3) is 5.91 Å². The molecule has 1 aliphatic rings. The minimum Gasteiger partial charge on any atom is -0.484 e. The van der Waals surface area contributed by atoms with E-state index in [1.807, 2.05) is 0 Å². The number of hydrogen-bond acceptors (Lipinski definition) is 5. The summed E-state index contributed by atoms with van der Waals surface area (Å²) in [7, 11) is -3.77. The van der Waals surface area contributed by atoms with E-state index < -0.39 is 34.2 Å². The predicted molar refractivity (Wildman–Crippen MR) is 102 cm³/mol. The van der Waals surface area contributed by atoms with Crippen LogP contribution in [0.4, 0.5) is 14.5 Å². The highest BCUT2D eigenvalue weighted by atomic mass is 35.5. The van der Waals surface area contributed by atoms with Gasteiger partial charge in [-0.05, 0) is 30.3 Å². The second-order valence-corrected chi connectivity index (χ2v) is 8.42. The van der Waals surface area contributed by atoms with Gasteiger partial charge in [-0.2, -0.15) is 4.31 Å². The number of amides is 1. The van der Waals surface area contributed by atoms with Gasteiger partial charge in [0.2, 0.25) is 10.0 Å². The number of carbonyl (C=O) groups excluding carboxylic acids is 1. The van der Waals surface area contributed by atoms with Gasteiger partial charge >= 0.3 is 0 Å². The number of carbonyl (C=O) groups is 1. The van der Waals surface area contributed by atoms with Crippen LogP contribution in [0.5, 0.6) is 5.75 Å². The first-order chi connectivity index (χ1) is 13.8. The molecule has 0 unspecified atom stereocenters. The average molecular weight is 447 g/mol. The Morgan fingerprint density at radius 1 is 1.14 bits per heavy atom. The summed E-state index contributed by atoms with van der Waals surface area (Å²) in [5.74, 6) is -2.83. The number of benzene rings is 2. The molecule has 7 nitrogen and oxygen atoms in total. The van der Waals surface area contributed by atoms with Crippen LogP contribution < -0.4 is 10.1 Å². The Hall–Kier alpha value is -2.27. The fraction of sp³-hybridized carbons (Fsp3) is 0.278. The van der Waals surface area contributed by atoms with E-state index in [9.17, 15) is 22.0 Å². The van der Waals surface area contributed by atoms with Crippen molar-refractivity contribution in [3.8, 4) is 5.75 Å². The third-order valence-electron chi connectivity index (χ3n) is 4.08. The number of nitrogens with one attached hydrogen (secondary N) is 1. The molecular weight excluding hydrogens is 430 g/mol. The maximum atomic E-state index is 13.2. The van der Waals surface area contributed by atoms with Gasteiger partial charge in [-0.3, -0.25) is 4.79 Å². The van der Waals surface area contributed by atoms with Gasteiger partial charge < -0.3 is 14.8 Å². The van der Waals surface area contributed by atoms with Crippen LogP contribution in [-0.4, -0.2) is 51.5 Å². The lowest BCUT2D eigenvalue weighted by Crippen LogP contribution is -2.40. The average Bonchev–Trinajstić information content (AvgIpc) is 2.71. The molecule has 0 saturated carbocycles. The molecule has 0 atom stereocenters. The maximum absolute atomic E-state index is 13.2. The Labute approximate surface area is 171 Å². The molecule has 1 heterocycles. The van der Waals surface area contributed by atoms with Gasteiger partial charge in [0, 0.05) is 19.2 Å². The summed E-state index contributed by atoms with van der Waals surface area (Å²) in [5, 5.41) is 2.58. The summed E-state index contributed by atoms with van der Waals surface area (Å²) in [4.78, 5) is 12.1. The van der Waals surface area contributed by atoms with Crippen LogP contribution in [0.2, 0.25) is 5.02 Å². The van der Waals surface area contributed by atoms with Gasteiger partial charge in [-0.15, -0.1) is 0 Å². The first-order valence-corrected chi connectivity index (χ1v) is 10.3. The van der Waals surface area contributed by atoms with Crippen LogP contribution >= 0.6 is 11.6 Å². The summed E-state index contributed by atoms with van der Waals surface area (Å²) < 4.78 is 63.1. The third-order valence-corrected chi connectivity index (χ3v) is 6.30. The summed E-state index contributed by atoms with van der Waals surface area (Å²) in [6.07, 6.45) is 0. The third kappa shape index (κ3) is 5.21. The van der Waals surface area contributed by atoms with E-state index in [0.29, 0.717) is 13.2 Å². The number of rotatable bonds is 6. The van der Waals surface area contributed by atoms with E-state index >= 15 is 0 Å². The minimum atomic E-state index is -3.77. The van der Waals surface area contributed by atoms with Crippen LogP contribution in [0, 0.1) is 11.6 Å². The Balaban J connectivity index is 1.69. The fourth-order valence-corrected chi connectivity index (χ4v) is 4.20. The second-order valence-electron chi connectivity index (χ2n) is 6.07. The van der Waals surface area contributed by atoms with E-state index in [-0.39, 0.29) is 34.4 Å². The van der Waals surface area contributed by atoms with Crippen molar-refractivity contribution in [2.45, 2.75) is 4.90 Å². The van der Waals surface area contributed by atoms with Gasteiger partial charge in [0.15, 0.2) is 18.2 Å². The number of halogens is 3. The molecule has 1 fully saturated rings. The predicted octanol–water partition coefficient (Wildman–Crippen LogP) is 2.66. The number of nitrogens with zero attached hydrogens (tertiary/aromatic N) is 1. The lowest BCUT2D eigenvalue weighted by molar-refractivity contribution is -0.118. The van der Waals surface area contributed by atoms with E-state index in [2.05, 4.69) is 5.32 Å². The van der Waals surface area contributed by atoms with Crippen molar-refractivity contribution in [3.63, 3.8) is 0 Å². The van der Waals surface area contributed by atoms with E-state index in [1.165, 1.54) is 28.6 Å². The van der Waals surface area contributed by atoms with Crippen molar-refractivity contribution in [2.75, 3.05) is 38.2 Å². The molecule has 156 valence electrons. The highest BCUT2D eigenvalue weighted by Gasteiger charge is 2.27. The lowest BCUT2D eigenvalue weighted by atomic mass is 10.3. The quantitative estimate of drug-likeness (QED) is 0.737. The number of hydrogen-bond donors (Lipinski definition) is 1. The maximum Gasteiger partial charge on any atom is 0.262 e. The van der Waals surface area contributed by atoms with Crippen molar-refractivity contribution in [1.29, 1.82) is 0 Å². The van der Waals surface area contributed by atoms with Gasteiger partial charge in [0.1, 0.15) is 5.75 Å². The highest BCUT2D eigenvalue weighted by molar-refractivity contribution is 7.89. The number of anilines is 1. The molecule has 1 aliphatic heterocycles.